The van der Waals surface area contributed by atoms with Crippen molar-refractivity contribution in [1.82, 2.24) is 0 Å². The summed E-state index contributed by atoms with van der Waals surface area (Å²) in [5, 5.41) is 1.30. The Morgan fingerprint density at radius 2 is 2.04 bits per heavy atom. The second-order valence-electron chi connectivity index (χ2n) is 4.71. The van der Waals surface area contributed by atoms with Crippen LogP contribution < -0.4 is 0 Å². The van der Waals surface area contributed by atoms with Gasteiger partial charge in [-0.2, -0.15) is 9.98 Å². The lowest BCUT2D eigenvalue weighted by molar-refractivity contribution is -0.143. The van der Waals surface area contributed by atoms with E-state index < -0.39 is 17.9 Å². The molecule has 2 rings (SSSR count). The van der Waals surface area contributed by atoms with Gasteiger partial charge in [0.2, 0.25) is 0 Å². The molecule has 0 fully saturated rings. The van der Waals surface area contributed by atoms with E-state index in [1.165, 1.54) is 11.8 Å². The van der Waals surface area contributed by atoms with Gasteiger partial charge in [0.05, 0.1) is 21.7 Å². The summed E-state index contributed by atoms with van der Waals surface area (Å²) in [4.78, 5) is 31.2. The van der Waals surface area contributed by atoms with Crippen molar-refractivity contribution >= 4 is 57.7 Å². The van der Waals surface area contributed by atoms with E-state index in [2.05, 4.69) is 9.98 Å². The molecule has 1 aliphatic rings. The van der Waals surface area contributed by atoms with Crippen molar-refractivity contribution in [2.24, 2.45) is 15.9 Å². The fourth-order valence-electron chi connectivity index (χ4n) is 1.98. The molecule has 1 unspecified atom stereocenters. The summed E-state index contributed by atoms with van der Waals surface area (Å²) in [6.45, 7) is 3.59. The minimum absolute atomic E-state index is 0.251. The van der Waals surface area contributed by atoms with Crippen LogP contribution in [-0.4, -0.2) is 29.4 Å². The van der Waals surface area contributed by atoms with Crippen LogP contribution in [0.25, 0.3) is 0 Å². The molecule has 23 heavy (non-hydrogen) atoms. The lowest BCUT2D eigenvalue weighted by Gasteiger charge is -2.19. The maximum atomic E-state index is 12.1. The normalized spacial score (nSPS) is 17.6. The van der Waals surface area contributed by atoms with Gasteiger partial charge < -0.3 is 4.74 Å². The number of carbonyl (C=O) groups excluding carboxylic acids is 2. The van der Waals surface area contributed by atoms with Gasteiger partial charge in [-0.25, -0.2) is 4.79 Å². The van der Waals surface area contributed by atoms with Crippen LogP contribution >= 0.6 is 35.0 Å². The molecule has 2 amide bonds. The molecule has 0 spiro atoms. The molecule has 1 heterocycles. The molecule has 1 aromatic rings. The summed E-state index contributed by atoms with van der Waals surface area (Å²) < 4.78 is 5.04. The minimum Gasteiger partial charge on any atom is -0.465 e. The molecule has 0 radical (unpaired) electrons. The fraction of sp³-hybridized carbons (Fsp3) is 0.333. The number of nitrogens with zero attached hydrogens (tertiary/aromatic N) is 2. The Hall–Kier alpha value is -1.37. The first-order valence-electron chi connectivity index (χ1n) is 6.83. The standard InChI is InChI=1S/C15H14Cl2N2O3S/c1-3-22-14(20)12-8(2)18-15(21)19-13(12)23-7-9-4-5-10(16)11(17)6-9/h4-6,12H,3,7H2,1-2H3. The maximum absolute atomic E-state index is 12.1. The third kappa shape index (κ3) is 4.56. The lowest BCUT2D eigenvalue weighted by atomic mass is 10.1. The van der Waals surface area contributed by atoms with Crippen molar-refractivity contribution in [3.8, 4) is 0 Å². The van der Waals surface area contributed by atoms with Gasteiger partial charge in [-0.3, -0.25) is 4.79 Å². The number of carbonyl (C=O) groups is 2. The predicted octanol–water partition coefficient (Wildman–Crippen LogP) is 4.40. The quantitative estimate of drug-likeness (QED) is 0.734. The molecule has 0 bridgehead atoms. The van der Waals surface area contributed by atoms with Gasteiger partial charge in [0.1, 0.15) is 5.92 Å². The SMILES string of the molecule is CCOC(=O)C1C(C)=NC(=O)N=C1SCc1ccc(Cl)c(Cl)c1. The second kappa shape index (κ2) is 7.95. The molecule has 0 aromatic heterocycles. The van der Waals surface area contributed by atoms with Gasteiger partial charge >= 0.3 is 12.0 Å². The number of aliphatic imine (C=N–C) groups is 2. The molecule has 1 aliphatic heterocycles. The van der Waals surface area contributed by atoms with Gasteiger partial charge in [-0.15, -0.1) is 11.8 Å². The maximum Gasteiger partial charge on any atom is 0.367 e. The van der Waals surface area contributed by atoms with Crippen LogP contribution in [-0.2, 0) is 15.3 Å². The van der Waals surface area contributed by atoms with Crippen molar-refractivity contribution in [2.75, 3.05) is 6.61 Å². The Morgan fingerprint density at radius 1 is 1.30 bits per heavy atom. The van der Waals surface area contributed by atoms with E-state index in [0.29, 0.717) is 26.6 Å². The van der Waals surface area contributed by atoms with Crippen LogP contribution in [0, 0.1) is 5.92 Å². The van der Waals surface area contributed by atoms with E-state index >= 15 is 0 Å². The summed E-state index contributed by atoms with van der Waals surface area (Å²) in [6, 6.07) is 4.65. The zero-order chi connectivity index (χ0) is 17.0. The number of hydrogen-bond donors (Lipinski definition) is 0. The summed E-state index contributed by atoms with van der Waals surface area (Å²) in [5.41, 5.74) is 1.29. The Balaban J connectivity index is 2.16. The minimum atomic E-state index is -0.736. The average Bonchev–Trinajstić information content (AvgIpc) is 2.48. The molecule has 1 atom stereocenters. The zero-order valence-corrected chi connectivity index (χ0v) is 14.8. The lowest BCUT2D eigenvalue weighted by Crippen LogP contribution is -2.34. The number of ether oxygens (including phenoxy) is 1. The molecule has 0 aliphatic carbocycles. The number of esters is 1. The number of hydrogen-bond acceptors (Lipinski definition) is 4. The molecular formula is C15H14Cl2N2O3S. The van der Waals surface area contributed by atoms with Crippen LogP contribution in [0.15, 0.2) is 28.2 Å². The first kappa shape index (κ1) is 18.0. The number of halogens is 2. The molecule has 0 saturated heterocycles. The van der Waals surface area contributed by atoms with Crippen molar-refractivity contribution < 1.29 is 14.3 Å². The van der Waals surface area contributed by atoms with Gasteiger partial charge in [0, 0.05) is 11.5 Å². The average molecular weight is 373 g/mol. The summed E-state index contributed by atoms with van der Waals surface area (Å²) >= 11 is 13.1. The molecule has 8 heteroatoms. The summed E-state index contributed by atoms with van der Waals surface area (Å²) in [6.07, 6.45) is 0. The number of rotatable bonds is 4. The Labute approximate surface area is 148 Å². The smallest absolute Gasteiger partial charge is 0.367 e. The number of benzene rings is 1. The van der Waals surface area contributed by atoms with Crippen LogP contribution in [0.1, 0.15) is 19.4 Å². The number of urea groups is 1. The van der Waals surface area contributed by atoms with E-state index in [-0.39, 0.29) is 6.61 Å². The Kier molecular flexibility index (Phi) is 6.21. The van der Waals surface area contributed by atoms with E-state index in [1.807, 2.05) is 6.07 Å². The van der Waals surface area contributed by atoms with Crippen molar-refractivity contribution in [2.45, 2.75) is 19.6 Å². The molecule has 0 saturated carbocycles. The van der Waals surface area contributed by atoms with Gasteiger partial charge in [0.25, 0.3) is 0 Å². The summed E-state index contributed by atoms with van der Waals surface area (Å²) in [7, 11) is 0. The second-order valence-corrected chi connectivity index (χ2v) is 6.52. The van der Waals surface area contributed by atoms with E-state index in [9.17, 15) is 9.59 Å². The van der Waals surface area contributed by atoms with Gasteiger partial charge in [0.15, 0.2) is 0 Å². The van der Waals surface area contributed by atoms with Crippen molar-refractivity contribution in [1.29, 1.82) is 0 Å². The number of thioether (sulfide) groups is 1. The van der Waals surface area contributed by atoms with Crippen LogP contribution in [0.5, 0.6) is 0 Å². The van der Waals surface area contributed by atoms with E-state index in [4.69, 9.17) is 27.9 Å². The number of amides is 2. The monoisotopic (exact) mass is 372 g/mol. The Bertz CT molecular complexity index is 704. The fourth-order valence-corrected chi connectivity index (χ4v) is 3.37. The largest absolute Gasteiger partial charge is 0.465 e. The summed E-state index contributed by atoms with van der Waals surface area (Å²) in [5.74, 6) is -0.700. The van der Waals surface area contributed by atoms with E-state index in [1.54, 1.807) is 26.0 Å². The molecule has 0 N–H and O–H groups in total. The van der Waals surface area contributed by atoms with Crippen molar-refractivity contribution in [3.05, 3.63) is 33.8 Å². The van der Waals surface area contributed by atoms with E-state index in [0.717, 1.165) is 5.56 Å². The molecule has 122 valence electrons. The highest BCUT2D eigenvalue weighted by molar-refractivity contribution is 8.13. The molecule has 5 nitrogen and oxygen atoms in total. The third-order valence-corrected chi connectivity index (χ3v) is 4.88. The molecule has 1 aromatic carbocycles. The predicted molar refractivity (Wildman–Crippen MR) is 93.8 cm³/mol. The van der Waals surface area contributed by atoms with Crippen LogP contribution in [0.2, 0.25) is 10.0 Å². The Morgan fingerprint density at radius 3 is 2.70 bits per heavy atom. The highest BCUT2D eigenvalue weighted by atomic mass is 35.5. The topological polar surface area (TPSA) is 68.1 Å². The highest BCUT2D eigenvalue weighted by Gasteiger charge is 2.33. The van der Waals surface area contributed by atoms with Crippen LogP contribution in [0.4, 0.5) is 4.79 Å². The first-order valence-corrected chi connectivity index (χ1v) is 8.57. The van der Waals surface area contributed by atoms with Crippen LogP contribution in [0.3, 0.4) is 0 Å². The van der Waals surface area contributed by atoms with Gasteiger partial charge in [-0.05, 0) is 31.5 Å². The first-order chi connectivity index (χ1) is 10.9. The van der Waals surface area contributed by atoms with Crippen molar-refractivity contribution in [3.63, 3.8) is 0 Å². The van der Waals surface area contributed by atoms with Gasteiger partial charge in [-0.1, -0.05) is 29.3 Å². The molecular weight excluding hydrogens is 359 g/mol. The zero-order valence-electron chi connectivity index (χ0n) is 12.5. The third-order valence-electron chi connectivity index (χ3n) is 3.04. The highest BCUT2D eigenvalue weighted by Crippen LogP contribution is 2.28.